The van der Waals surface area contributed by atoms with Crippen LogP contribution in [0.1, 0.15) is 20.9 Å². The predicted octanol–water partition coefficient (Wildman–Crippen LogP) is 4.51. The van der Waals surface area contributed by atoms with E-state index in [1.807, 2.05) is 42.2 Å². The summed E-state index contributed by atoms with van der Waals surface area (Å²) in [5, 5.41) is 7.00. The lowest BCUT2D eigenvalue weighted by molar-refractivity contribution is 0.0784. The van der Waals surface area contributed by atoms with Gasteiger partial charge in [-0.25, -0.2) is 4.98 Å². The zero-order valence-corrected chi connectivity index (χ0v) is 14.1. The molecule has 0 atom stereocenters. The van der Waals surface area contributed by atoms with E-state index < -0.39 is 0 Å². The molecule has 0 aromatic carbocycles. The number of rotatable bonds is 4. The second-order valence-electron chi connectivity index (χ2n) is 4.73. The molecule has 0 fully saturated rings. The Hall–Kier alpha value is -1.50. The van der Waals surface area contributed by atoms with Crippen LogP contribution in [0.3, 0.4) is 0 Å². The van der Waals surface area contributed by atoms with Crippen LogP contribution in [0.5, 0.6) is 0 Å². The second-order valence-corrected chi connectivity index (χ2v) is 7.65. The lowest BCUT2D eigenvalue weighted by Gasteiger charge is -2.14. The maximum Gasteiger partial charge on any atom is 0.254 e. The first kappa shape index (κ1) is 14.4. The molecule has 0 aliphatic heterocycles. The van der Waals surface area contributed by atoms with Gasteiger partial charge in [0.05, 0.1) is 22.7 Å². The van der Waals surface area contributed by atoms with Crippen LogP contribution in [-0.2, 0) is 6.54 Å². The first-order chi connectivity index (χ1) is 10.1. The summed E-state index contributed by atoms with van der Waals surface area (Å²) in [6, 6.07) is 6.02. The predicted molar refractivity (Wildman–Crippen MR) is 90.3 cm³/mol. The van der Waals surface area contributed by atoms with E-state index >= 15 is 0 Å². The van der Waals surface area contributed by atoms with Gasteiger partial charge in [-0.15, -0.1) is 34.0 Å². The molecule has 0 aliphatic carbocycles. The molecule has 0 aliphatic rings. The minimum atomic E-state index is 0.0463. The number of hydrogen-bond donors (Lipinski definition) is 0. The summed E-state index contributed by atoms with van der Waals surface area (Å²) in [5.74, 6) is 0.0463. The van der Waals surface area contributed by atoms with Crippen LogP contribution >= 0.6 is 34.0 Å². The third-order valence-corrected chi connectivity index (χ3v) is 5.80. The summed E-state index contributed by atoms with van der Waals surface area (Å²) in [4.78, 5) is 21.0. The van der Waals surface area contributed by atoms with Crippen molar-refractivity contribution in [2.45, 2.75) is 13.5 Å². The van der Waals surface area contributed by atoms with Crippen molar-refractivity contribution in [3.8, 4) is 9.88 Å². The molecule has 0 saturated carbocycles. The van der Waals surface area contributed by atoms with Crippen molar-refractivity contribution in [1.29, 1.82) is 0 Å². The normalized spacial score (nSPS) is 10.8. The van der Waals surface area contributed by atoms with Gasteiger partial charge in [0.1, 0.15) is 5.01 Å². The summed E-state index contributed by atoms with van der Waals surface area (Å²) >= 11 is 4.91. The van der Waals surface area contributed by atoms with Crippen molar-refractivity contribution in [2.24, 2.45) is 0 Å². The summed E-state index contributed by atoms with van der Waals surface area (Å²) in [6.45, 7) is 2.55. The molecule has 0 bridgehead atoms. The number of thiazole rings is 1. The average molecular weight is 334 g/mol. The van der Waals surface area contributed by atoms with Crippen molar-refractivity contribution in [3.63, 3.8) is 0 Å². The molecule has 6 heteroatoms. The Labute approximate surface area is 135 Å². The van der Waals surface area contributed by atoms with Crippen LogP contribution in [0.2, 0.25) is 0 Å². The number of aromatic nitrogens is 1. The Morgan fingerprint density at radius 2 is 2.14 bits per heavy atom. The fourth-order valence-electron chi connectivity index (χ4n) is 1.98. The van der Waals surface area contributed by atoms with Crippen molar-refractivity contribution in [1.82, 2.24) is 9.88 Å². The summed E-state index contributed by atoms with van der Waals surface area (Å²) in [6.07, 6.45) is 0. The molecular formula is C15H14N2OS3. The molecule has 3 nitrogen and oxygen atoms in total. The van der Waals surface area contributed by atoms with E-state index in [1.165, 1.54) is 4.88 Å². The SMILES string of the molecule is Cc1cc(C(=O)N(C)Cc2csc(-c3cccs3)n2)cs1. The highest BCUT2D eigenvalue weighted by Crippen LogP contribution is 2.28. The van der Waals surface area contributed by atoms with Crippen molar-refractivity contribution in [2.75, 3.05) is 7.05 Å². The lowest BCUT2D eigenvalue weighted by Crippen LogP contribution is -2.25. The maximum atomic E-state index is 12.3. The molecule has 21 heavy (non-hydrogen) atoms. The number of carbonyl (C=O) groups is 1. The average Bonchev–Trinajstić information content (AvgIpc) is 3.17. The Morgan fingerprint density at radius 1 is 1.29 bits per heavy atom. The largest absolute Gasteiger partial charge is 0.336 e. The lowest BCUT2D eigenvalue weighted by atomic mass is 10.2. The minimum Gasteiger partial charge on any atom is -0.336 e. The van der Waals surface area contributed by atoms with E-state index in [-0.39, 0.29) is 5.91 Å². The van der Waals surface area contributed by atoms with E-state index in [9.17, 15) is 4.79 Å². The van der Waals surface area contributed by atoms with Gasteiger partial charge in [-0.3, -0.25) is 4.79 Å². The van der Waals surface area contributed by atoms with E-state index in [1.54, 1.807) is 38.9 Å². The molecule has 1 amide bonds. The molecule has 0 spiro atoms. The Morgan fingerprint density at radius 3 is 2.81 bits per heavy atom. The first-order valence-electron chi connectivity index (χ1n) is 6.42. The molecule has 0 unspecified atom stereocenters. The molecule has 3 aromatic rings. The highest BCUT2D eigenvalue weighted by Gasteiger charge is 2.15. The molecule has 3 rings (SSSR count). The van der Waals surface area contributed by atoms with E-state index in [0.717, 1.165) is 21.1 Å². The van der Waals surface area contributed by atoms with E-state index in [0.29, 0.717) is 6.54 Å². The Bertz CT molecular complexity index is 743. The second kappa shape index (κ2) is 6.09. The number of hydrogen-bond acceptors (Lipinski definition) is 5. The fourth-order valence-corrected chi connectivity index (χ4v) is 4.29. The zero-order valence-electron chi connectivity index (χ0n) is 11.7. The van der Waals surface area contributed by atoms with Crippen LogP contribution in [0.15, 0.2) is 34.3 Å². The number of amides is 1. The fraction of sp³-hybridized carbons (Fsp3) is 0.200. The third kappa shape index (κ3) is 3.23. The van der Waals surface area contributed by atoms with Gasteiger partial charge >= 0.3 is 0 Å². The van der Waals surface area contributed by atoms with Gasteiger partial charge in [-0.2, -0.15) is 0 Å². The van der Waals surface area contributed by atoms with Gasteiger partial charge in [0.15, 0.2) is 0 Å². The van der Waals surface area contributed by atoms with E-state index in [2.05, 4.69) is 11.1 Å². The number of thiophene rings is 2. The van der Waals surface area contributed by atoms with Gasteiger partial charge in [0.25, 0.3) is 5.91 Å². The highest BCUT2D eigenvalue weighted by molar-refractivity contribution is 7.20. The molecule has 3 heterocycles. The minimum absolute atomic E-state index is 0.0463. The number of carbonyl (C=O) groups excluding carboxylic acids is 1. The monoisotopic (exact) mass is 334 g/mol. The maximum absolute atomic E-state index is 12.3. The van der Waals surface area contributed by atoms with Crippen molar-refractivity contribution >= 4 is 39.9 Å². The van der Waals surface area contributed by atoms with Crippen molar-refractivity contribution < 1.29 is 4.79 Å². The van der Waals surface area contributed by atoms with Gasteiger partial charge in [0.2, 0.25) is 0 Å². The molecule has 0 saturated heterocycles. The smallest absolute Gasteiger partial charge is 0.254 e. The van der Waals surface area contributed by atoms with Crippen LogP contribution in [-0.4, -0.2) is 22.8 Å². The molecular weight excluding hydrogens is 320 g/mol. The summed E-state index contributed by atoms with van der Waals surface area (Å²) in [5.41, 5.74) is 1.69. The summed E-state index contributed by atoms with van der Waals surface area (Å²) < 4.78 is 0. The van der Waals surface area contributed by atoms with Crippen LogP contribution in [0.25, 0.3) is 9.88 Å². The Kier molecular flexibility index (Phi) is 4.19. The van der Waals surface area contributed by atoms with E-state index in [4.69, 9.17) is 0 Å². The van der Waals surface area contributed by atoms with Crippen LogP contribution < -0.4 is 0 Å². The standard InChI is InChI=1S/C15H14N2OS3/c1-10-6-11(8-20-10)15(18)17(2)7-12-9-21-14(16-12)13-4-3-5-19-13/h3-6,8-9H,7H2,1-2H3. The number of nitrogens with zero attached hydrogens (tertiary/aromatic N) is 2. The summed E-state index contributed by atoms with van der Waals surface area (Å²) in [7, 11) is 1.82. The van der Waals surface area contributed by atoms with Crippen LogP contribution in [0.4, 0.5) is 0 Å². The quantitative estimate of drug-likeness (QED) is 0.703. The molecule has 0 N–H and O–H groups in total. The van der Waals surface area contributed by atoms with Gasteiger partial charge in [-0.05, 0) is 24.4 Å². The molecule has 0 radical (unpaired) electrons. The first-order valence-corrected chi connectivity index (χ1v) is 9.06. The topological polar surface area (TPSA) is 33.2 Å². The number of aryl methyl sites for hydroxylation is 1. The zero-order chi connectivity index (χ0) is 14.8. The molecule has 108 valence electrons. The van der Waals surface area contributed by atoms with Crippen molar-refractivity contribution in [3.05, 3.63) is 50.5 Å². The Balaban J connectivity index is 1.70. The van der Waals surface area contributed by atoms with Crippen LogP contribution in [0, 0.1) is 6.92 Å². The van der Waals surface area contributed by atoms with Gasteiger partial charge < -0.3 is 4.90 Å². The molecule has 3 aromatic heterocycles. The van der Waals surface area contributed by atoms with Gasteiger partial charge in [0, 0.05) is 22.7 Å². The third-order valence-electron chi connectivity index (χ3n) is 3.01. The van der Waals surface area contributed by atoms with Gasteiger partial charge in [-0.1, -0.05) is 6.07 Å². The highest BCUT2D eigenvalue weighted by atomic mass is 32.1.